The topological polar surface area (TPSA) is 64.3 Å². The lowest BCUT2D eigenvalue weighted by Crippen LogP contribution is -2.50. The van der Waals surface area contributed by atoms with Gasteiger partial charge in [0, 0.05) is 31.5 Å². The van der Waals surface area contributed by atoms with Crippen LogP contribution >= 0.6 is 0 Å². The Morgan fingerprint density at radius 2 is 2.19 bits per heavy atom. The van der Waals surface area contributed by atoms with Crippen LogP contribution in [0.5, 0.6) is 0 Å². The number of hydrogen-bond donors (Lipinski definition) is 1. The fraction of sp³-hybridized carbons (Fsp3) is 0.636. The first-order valence-electron chi connectivity index (χ1n) is 5.57. The molecule has 0 bridgehead atoms. The maximum Gasteiger partial charge on any atom is 0.225 e. The lowest BCUT2D eigenvalue weighted by Gasteiger charge is -2.34. The standard InChI is InChI=1S/C11H18N4O/c1-8-5-13-11(14-6-8)15-3-4-16-10(7-15)9(2)12/h5-6,9-10H,3-4,7,12H2,1-2H3. The van der Waals surface area contributed by atoms with Gasteiger partial charge in [-0.2, -0.15) is 0 Å². The fourth-order valence-electron chi connectivity index (χ4n) is 1.72. The molecule has 2 unspecified atom stereocenters. The number of nitrogens with zero attached hydrogens (tertiary/aromatic N) is 3. The van der Waals surface area contributed by atoms with Crippen molar-refractivity contribution in [1.29, 1.82) is 0 Å². The highest BCUT2D eigenvalue weighted by Gasteiger charge is 2.24. The van der Waals surface area contributed by atoms with Crippen LogP contribution in [0, 0.1) is 6.92 Å². The molecule has 1 aliphatic heterocycles. The van der Waals surface area contributed by atoms with Crippen molar-refractivity contribution in [3.63, 3.8) is 0 Å². The number of aryl methyl sites for hydroxylation is 1. The first kappa shape index (κ1) is 11.3. The lowest BCUT2D eigenvalue weighted by atomic mass is 10.1. The molecule has 88 valence electrons. The van der Waals surface area contributed by atoms with Crippen molar-refractivity contribution >= 4 is 5.95 Å². The zero-order chi connectivity index (χ0) is 11.5. The van der Waals surface area contributed by atoms with E-state index in [2.05, 4.69) is 14.9 Å². The number of nitrogens with two attached hydrogens (primary N) is 1. The molecule has 0 saturated carbocycles. The predicted octanol–water partition coefficient (Wildman–Crippen LogP) is 0.337. The summed E-state index contributed by atoms with van der Waals surface area (Å²) in [5.41, 5.74) is 6.91. The van der Waals surface area contributed by atoms with Gasteiger partial charge >= 0.3 is 0 Å². The van der Waals surface area contributed by atoms with Crippen LogP contribution in [0.2, 0.25) is 0 Å². The summed E-state index contributed by atoms with van der Waals surface area (Å²) >= 11 is 0. The first-order chi connectivity index (χ1) is 7.66. The predicted molar refractivity (Wildman–Crippen MR) is 62.4 cm³/mol. The van der Waals surface area contributed by atoms with E-state index in [1.165, 1.54) is 0 Å². The van der Waals surface area contributed by atoms with E-state index in [-0.39, 0.29) is 12.1 Å². The van der Waals surface area contributed by atoms with E-state index in [0.717, 1.165) is 24.6 Å². The molecule has 2 rings (SSSR count). The van der Waals surface area contributed by atoms with E-state index in [1.54, 1.807) is 0 Å². The first-order valence-corrected chi connectivity index (χ1v) is 5.57. The van der Waals surface area contributed by atoms with Gasteiger partial charge in [0.25, 0.3) is 0 Å². The van der Waals surface area contributed by atoms with E-state index in [1.807, 2.05) is 26.2 Å². The van der Waals surface area contributed by atoms with Crippen LogP contribution in [0.1, 0.15) is 12.5 Å². The normalized spacial score (nSPS) is 23.2. The molecule has 1 fully saturated rings. The summed E-state index contributed by atoms with van der Waals surface area (Å²) in [6, 6.07) is 0.0354. The van der Waals surface area contributed by atoms with Crippen LogP contribution in [0.25, 0.3) is 0 Å². The van der Waals surface area contributed by atoms with Gasteiger partial charge in [0.05, 0.1) is 12.7 Å². The Kier molecular flexibility index (Phi) is 3.36. The maximum absolute atomic E-state index is 5.84. The zero-order valence-corrected chi connectivity index (χ0v) is 9.76. The van der Waals surface area contributed by atoms with Crippen molar-refractivity contribution in [2.75, 3.05) is 24.6 Å². The molecule has 0 spiro atoms. The minimum atomic E-state index is 0.0354. The van der Waals surface area contributed by atoms with E-state index in [4.69, 9.17) is 10.5 Å². The van der Waals surface area contributed by atoms with Crippen molar-refractivity contribution in [2.45, 2.75) is 26.0 Å². The Morgan fingerprint density at radius 1 is 1.50 bits per heavy atom. The molecule has 5 heteroatoms. The number of anilines is 1. The molecule has 2 atom stereocenters. The number of aromatic nitrogens is 2. The molecule has 2 heterocycles. The second-order valence-corrected chi connectivity index (χ2v) is 4.27. The molecule has 1 saturated heterocycles. The highest BCUT2D eigenvalue weighted by atomic mass is 16.5. The summed E-state index contributed by atoms with van der Waals surface area (Å²) in [6.07, 6.45) is 3.73. The van der Waals surface area contributed by atoms with Gasteiger partial charge in [-0.15, -0.1) is 0 Å². The SMILES string of the molecule is Cc1cnc(N2CCOC(C(C)N)C2)nc1. The maximum atomic E-state index is 5.84. The quantitative estimate of drug-likeness (QED) is 0.781. The van der Waals surface area contributed by atoms with Gasteiger partial charge in [-0.3, -0.25) is 0 Å². The summed E-state index contributed by atoms with van der Waals surface area (Å²) < 4.78 is 5.59. The molecule has 0 radical (unpaired) electrons. The van der Waals surface area contributed by atoms with Gasteiger partial charge in [0.15, 0.2) is 0 Å². The van der Waals surface area contributed by atoms with Crippen molar-refractivity contribution in [3.05, 3.63) is 18.0 Å². The molecular weight excluding hydrogens is 204 g/mol. The molecule has 0 aromatic carbocycles. The van der Waals surface area contributed by atoms with Crippen molar-refractivity contribution in [1.82, 2.24) is 9.97 Å². The van der Waals surface area contributed by atoms with E-state index in [9.17, 15) is 0 Å². The van der Waals surface area contributed by atoms with E-state index in [0.29, 0.717) is 6.61 Å². The summed E-state index contributed by atoms with van der Waals surface area (Å²) in [6.45, 7) is 6.22. The number of hydrogen-bond acceptors (Lipinski definition) is 5. The third kappa shape index (κ3) is 2.48. The minimum Gasteiger partial charge on any atom is -0.373 e. The van der Waals surface area contributed by atoms with Crippen LogP contribution in [0.15, 0.2) is 12.4 Å². The Bertz CT molecular complexity index is 338. The largest absolute Gasteiger partial charge is 0.373 e. The zero-order valence-electron chi connectivity index (χ0n) is 9.76. The molecule has 2 N–H and O–H groups in total. The van der Waals surface area contributed by atoms with Crippen molar-refractivity contribution in [2.24, 2.45) is 5.73 Å². The third-order valence-corrected chi connectivity index (χ3v) is 2.73. The Labute approximate surface area is 95.6 Å². The lowest BCUT2D eigenvalue weighted by molar-refractivity contribution is 0.0271. The highest BCUT2D eigenvalue weighted by molar-refractivity contribution is 5.30. The second kappa shape index (κ2) is 4.76. The second-order valence-electron chi connectivity index (χ2n) is 4.27. The van der Waals surface area contributed by atoms with Crippen LogP contribution in [0.4, 0.5) is 5.95 Å². The molecule has 0 amide bonds. The average molecular weight is 222 g/mol. The monoisotopic (exact) mass is 222 g/mol. The molecule has 0 aliphatic carbocycles. The Morgan fingerprint density at radius 3 is 2.81 bits per heavy atom. The summed E-state index contributed by atoms with van der Waals surface area (Å²) in [5, 5.41) is 0. The highest BCUT2D eigenvalue weighted by Crippen LogP contribution is 2.13. The average Bonchev–Trinajstić information content (AvgIpc) is 2.30. The molecule has 1 aliphatic rings. The van der Waals surface area contributed by atoms with Crippen molar-refractivity contribution in [3.8, 4) is 0 Å². The van der Waals surface area contributed by atoms with Crippen molar-refractivity contribution < 1.29 is 4.74 Å². The van der Waals surface area contributed by atoms with Gasteiger partial charge in [0.1, 0.15) is 0 Å². The molecular formula is C11H18N4O. The van der Waals surface area contributed by atoms with Crippen LogP contribution in [-0.4, -0.2) is 41.8 Å². The summed E-state index contributed by atoms with van der Waals surface area (Å²) in [4.78, 5) is 10.8. The van der Waals surface area contributed by atoms with Crippen LogP contribution in [-0.2, 0) is 4.74 Å². The van der Waals surface area contributed by atoms with Gasteiger partial charge in [0.2, 0.25) is 5.95 Å². The number of ether oxygens (including phenoxy) is 1. The van der Waals surface area contributed by atoms with Crippen LogP contribution < -0.4 is 10.6 Å². The van der Waals surface area contributed by atoms with Crippen LogP contribution in [0.3, 0.4) is 0 Å². The van der Waals surface area contributed by atoms with Gasteiger partial charge in [-0.25, -0.2) is 9.97 Å². The minimum absolute atomic E-state index is 0.0354. The van der Waals surface area contributed by atoms with E-state index >= 15 is 0 Å². The van der Waals surface area contributed by atoms with Gasteiger partial charge in [-0.05, 0) is 19.4 Å². The molecule has 16 heavy (non-hydrogen) atoms. The summed E-state index contributed by atoms with van der Waals surface area (Å²) in [5.74, 6) is 0.763. The number of rotatable bonds is 2. The Hall–Kier alpha value is -1.20. The fourth-order valence-corrected chi connectivity index (χ4v) is 1.72. The Balaban J connectivity index is 2.06. The third-order valence-electron chi connectivity index (χ3n) is 2.73. The smallest absolute Gasteiger partial charge is 0.225 e. The number of morpholine rings is 1. The molecule has 1 aromatic rings. The van der Waals surface area contributed by atoms with Gasteiger partial charge in [-0.1, -0.05) is 0 Å². The summed E-state index contributed by atoms with van der Waals surface area (Å²) in [7, 11) is 0. The molecule has 1 aromatic heterocycles. The van der Waals surface area contributed by atoms with E-state index < -0.39 is 0 Å². The van der Waals surface area contributed by atoms with Gasteiger partial charge < -0.3 is 15.4 Å². The molecule has 5 nitrogen and oxygen atoms in total.